The minimum Gasteiger partial charge on any atom is -0.465 e. The van der Waals surface area contributed by atoms with Crippen LogP contribution in [0.1, 0.15) is 38.9 Å². The molecule has 1 aromatic heterocycles. The van der Waals surface area contributed by atoms with Gasteiger partial charge in [-0.05, 0) is 36.8 Å². The number of hydrogen-bond acceptors (Lipinski definition) is 4. The quantitative estimate of drug-likeness (QED) is 0.890. The molecule has 1 fully saturated rings. The molecule has 0 saturated heterocycles. The van der Waals surface area contributed by atoms with Crippen LogP contribution in [0.2, 0.25) is 0 Å². The Labute approximate surface area is 107 Å². The minimum atomic E-state index is -0.0987. The van der Waals surface area contributed by atoms with Crippen LogP contribution in [0.3, 0.4) is 0 Å². The summed E-state index contributed by atoms with van der Waals surface area (Å²) in [5.41, 5.74) is 0.335. The van der Waals surface area contributed by atoms with Gasteiger partial charge in [-0.3, -0.25) is 4.79 Å². The number of carbonyl (C=O) groups is 1. The summed E-state index contributed by atoms with van der Waals surface area (Å²) in [6, 6.07) is 1.93. The first kappa shape index (κ1) is 12.9. The average Bonchev–Trinajstić information content (AvgIpc) is 2.82. The normalized spacial score (nSPS) is 21.8. The number of rotatable bonds is 4. The smallest absolute Gasteiger partial charge is 0.258 e. The van der Waals surface area contributed by atoms with Crippen LogP contribution in [-0.4, -0.2) is 23.7 Å². The molecule has 0 aliphatic heterocycles. The SMILES string of the molecule is Cc1cc(OCC(=O)NC2CCC(C)(C)C2)no1. The molecule has 1 N–H and O–H groups in total. The largest absolute Gasteiger partial charge is 0.465 e. The first-order valence-corrected chi connectivity index (χ1v) is 6.30. The van der Waals surface area contributed by atoms with E-state index in [9.17, 15) is 4.79 Å². The number of aromatic nitrogens is 1. The lowest BCUT2D eigenvalue weighted by Gasteiger charge is -2.17. The highest BCUT2D eigenvalue weighted by atomic mass is 16.5. The third-order valence-corrected chi connectivity index (χ3v) is 3.29. The average molecular weight is 252 g/mol. The minimum absolute atomic E-state index is 0.0110. The standard InChI is InChI=1S/C13H20N2O3/c1-9-6-12(15-18-9)17-8-11(16)14-10-4-5-13(2,3)7-10/h6,10H,4-5,7-8H2,1-3H3,(H,14,16). The number of amides is 1. The number of nitrogens with one attached hydrogen (secondary N) is 1. The second-order valence-electron chi connectivity index (χ2n) is 5.74. The van der Waals surface area contributed by atoms with Crippen LogP contribution >= 0.6 is 0 Å². The molecule has 0 aromatic carbocycles. The predicted molar refractivity (Wildman–Crippen MR) is 66.3 cm³/mol. The van der Waals surface area contributed by atoms with Gasteiger partial charge in [-0.2, -0.15) is 0 Å². The molecule has 0 bridgehead atoms. The highest BCUT2D eigenvalue weighted by molar-refractivity contribution is 5.77. The lowest BCUT2D eigenvalue weighted by Crippen LogP contribution is -2.36. The van der Waals surface area contributed by atoms with Crippen molar-refractivity contribution in [3.8, 4) is 5.88 Å². The van der Waals surface area contributed by atoms with Gasteiger partial charge in [0.05, 0.1) is 0 Å². The van der Waals surface area contributed by atoms with Gasteiger partial charge in [-0.1, -0.05) is 13.8 Å². The number of ether oxygens (including phenoxy) is 1. The Balaban J connectivity index is 1.73. The molecule has 1 atom stereocenters. The van der Waals surface area contributed by atoms with Crippen molar-refractivity contribution in [2.24, 2.45) is 5.41 Å². The third kappa shape index (κ3) is 3.48. The molecule has 1 unspecified atom stereocenters. The van der Waals surface area contributed by atoms with E-state index in [4.69, 9.17) is 9.26 Å². The van der Waals surface area contributed by atoms with E-state index >= 15 is 0 Å². The molecule has 1 aliphatic rings. The molecule has 18 heavy (non-hydrogen) atoms. The molecule has 1 heterocycles. The summed E-state index contributed by atoms with van der Waals surface area (Å²) >= 11 is 0. The van der Waals surface area contributed by atoms with Gasteiger partial charge >= 0.3 is 0 Å². The molecule has 1 aliphatic carbocycles. The molecule has 0 spiro atoms. The van der Waals surface area contributed by atoms with Gasteiger partial charge in [0.25, 0.3) is 11.8 Å². The van der Waals surface area contributed by atoms with Gasteiger partial charge in [0.2, 0.25) is 0 Å². The van der Waals surface area contributed by atoms with E-state index in [0.29, 0.717) is 17.1 Å². The lowest BCUT2D eigenvalue weighted by atomic mass is 9.92. The van der Waals surface area contributed by atoms with E-state index in [-0.39, 0.29) is 18.6 Å². The van der Waals surface area contributed by atoms with Crippen LogP contribution in [0.25, 0.3) is 0 Å². The fourth-order valence-corrected chi connectivity index (χ4v) is 2.38. The molecular formula is C13H20N2O3. The summed E-state index contributed by atoms with van der Waals surface area (Å²) in [5, 5.41) is 6.65. The Morgan fingerprint density at radius 3 is 3.00 bits per heavy atom. The van der Waals surface area contributed by atoms with E-state index in [1.54, 1.807) is 13.0 Å². The monoisotopic (exact) mass is 252 g/mol. The summed E-state index contributed by atoms with van der Waals surface area (Å²) in [6.45, 7) is 6.23. The summed E-state index contributed by atoms with van der Waals surface area (Å²) in [6.07, 6.45) is 3.23. The van der Waals surface area contributed by atoms with Crippen molar-refractivity contribution in [3.05, 3.63) is 11.8 Å². The maximum absolute atomic E-state index is 11.7. The van der Waals surface area contributed by atoms with Crippen LogP contribution in [0.15, 0.2) is 10.6 Å². The van der Waals surface area contributed by atoms with E-state index in [1.165, 1.54) is 0 Å². The van der Waals surface area contributed by atoms with Gasteiger partial charge in [0.15, 0.2) is 6.61 Å². The lowest BCUT2D eigenvalue weighted by molar-refractivity contribution is -0.123. The van der Waals surface area contributed by atoms with Gasteiger partial charge in [0, 0.05) is 12.1 Å². The zero-order chi connectivity index (χ0) is 13.2. The molecular weight excluding hydrogens is 232 g/mol. The van der Waals surface area contributed by atoms with E-state index in [1.807, 2.05) is 0 Å². The van der Waals surface area contributed by atoms with Crippen molar-refractivity contribution in [2.45, 2.75) is 46.1 Å². The van der Waals surface area contributed by atoms with Crippen LogP contribution in [-0.2, 0) is 4.79 Å². The second-order valence-corrected chi connectivity index (χ2v) is 5.74. The van der Waals surface area contributed by atoms with Crippen molar-refractivity contribution in [2.75, 3.05) is 6.61 Å². The van der Waals surface area contributed by atoms with E-state index < -0.39 is 0 Å². The van der Waals surface area contributed by atoms with Gasteiger partial charge in [-0.25, -0.2) is 0 Å². The molecule has 5 nitrogen and oxygen atoms in total. The fourth-order valence-electron chi connectivity index (χ4n) is 2.38. The number of nitrogens with zero attached hydrogens (tertiary/aromatic N) is 1. The highest BCUT2D eigenvalue weighted by Gasteiger charge is 2.31. The zero-order valence-electron chi connectivity index (χ0n) is 11.2. The van der Waals surface area contributed by atoms with Crippen LogP contribution in [0.4, 0.5) is 0 Å². The zero-order valence-corrected chi connectivity index (χ0v) is 11.2. The Hall–Kier alpha value is -1.52. The van der Waals surface area contributed by atoms with Gasteiger partial charge in [0.1, 0.15) is 5.76 Å². The Morgan fingerprint density at radius 1 is 1.67 bits per heavy atom. The molecule has 1 amide bonds. The molecule has 1 aromatic rings. The number of hydrogen-bond donors (Lipinski definition) is 1. The van der Waals surface area contributed by atoms with Crippen LogP contribution in [0.5, 0.6) is 5.88 Å². The van der Waals surface area contributed by atoms with E-state index in [2.05, 4.69) is 24.3 Å². The van der Waals surface area contributed by atoms with Gasteiger partial charge < -0.3 is 14.6 Å². The summed E-state index contributed by atoms with van der Waals surface area (Å²) < 4.78 is 10.1. The Bertz CT molecular complexity index is 426. The highest BCUT2D eigenvalue weighted by Crippen LogP contribution is 2.36. The first-order valence-electron chi connectivity index (χ1n) is 6.30. The van der Waals surface area contributed by atoms with E-state index in [0.717, 1.165) is 19.3 Å². The van der Waals surface area contributed by atoms with Crippen molar-refractivity contribution in [1.29, 1.82) is 0 Å². The molecule has 0 radical (unpaired) electrons. The molecule has 5 heteroatoms. The fraction of sp³-hybridized carbons (Fsp3) is 0.692. The van der Waals surface area contributed by atoms with Crippen LogP contribution < -0.4 is 10.1 Å². The molecule has 100 valence electrons. The predicted octanol–water partition coefficient (Wildman–Crippen LogP) is 2.06. The van der Waals surface area contributed by atoms with Crippen molar-refractivity contribution < 1.29 is 14.1 Å². The maximum atomic E-state index is 11.7. The van der Waals surface area contributed by atoms with Crippen molar-refractivity contribution in [1.82, 2.24) is 10.5 Å². The molecule has 1 saturated carbocycles. The Kier molecular flexibility index (Phi) is 3.59. The Morgan fingerprint density at radius 2 is 2.44 bits per heavy atom. The maximum Gasteiger partial charge on any atom is 0.258 e. The topological polar surface area (TPSA) is 64.4 Å². The van der Waals surface area contributed by atoms with Crippen molar-refractivity contribution >= 4 is 5.91 Å². The number of carbonyl (C=O) groups excluding carboxylic acids is 1. The van der Waals surface area contributed by atoms with Crippen LogP contribution in [0, 0.1) is 12.3 Å². The summed E-state index contributed by atoms with van der Waals surface area (Å²) in [4.78, 5) is 11.7. The van der Waals surface area contributed by atoms with Gasteiger partial charge in [-0.15, -0.1) is 0 Å². The summed E-state index contributed by atoms with van der Waals surface area (Å²) in [7, 11) is 0. The van der Waals surface area contributed by atoms with Crippen molar-refractivity contribution in [3.63, 3.8) is 0 Å². The third-order valence-electron chi connectivity index (χ3n) is 3.29. The summed E-state index contributed by atoms with van der Waals surface area (Å²) in [5.74, 6) is 0.927. The first-order chi connectivity index (χ1) is 8.44. The second kappa shape index (κ2) is 5.00. The molecule has 2 rings (SSSR count). The number of aryl methyl sites for hydroxylation is 1.